The Hall–Kier alpha value is -1.22. The highest BCUT2D eigenvalue weighted by Crippen LogP contribution is 2.57. The van der Waals surface area contributed by atoms with Gasteiger partial charge in [0.15, 0.2) is 0 Å². The third-order valence-electron chi connectivity index (χ3n) is 8.69. The zero-order chi connectivity index (χ0) is 20.9. The molecule has 3 aliphatic rings. The van der Waals surface area contributed by atoms with Crippen molar-refractivity contribution in [1.82, 2.24) is 0 Å². The van der Waals surface area contributed by atoms with E-state index in [2.05, 4.69) is 57.9 Å². The first kappa shape index (κ1) is 22.5. The zero-order valence-electron chi connectivity index (χ0n) is 19.6. The van der Waals surface area contributed by atoms with Crippen LogP contribution in [0.3, 0.4) is 0 Å². The lowest BCUT2D eigenvalue weighted by molar-refractivity contribution is 0.167. The van der Waals surface area contributed by atoms with E-state index in [9.17, 15) is 0 Å². The first-order valence-electron chi connectivity index (χ1n) is 12.5. The fourth-order valence-corrected chi connectivity index (χ4v) is 6.22. The summed E-state index contributed by atoms with van der Waals surface area (Å²) in [6.45, 7) is 9.63. The molecule has 0 nitrogen and oxygen atoms in total. The molecule has 160 valence electrons. The van der Waals surface area contributed by atoms with Crippen LogP contribution in [0.2, 0.25) is 0 Å². The smallest absolute Gasteiger partial charge is 0.0412 e. The summed E-state index contributed by atoms with van der Waals surface area (Å²) < 4.78 is 0. The van der Waals surface area contributed by atoms with Gasteiger partial charge in [-0.2, -0.15) is 0 Å². The van der Waals surface area contributed by atoms with Gasteiger partial charge in [-0.25, -0.2) is 0 Å². The van der Waals surface area contributed by atoms with E-state index in [0.717, 1.165) is 17.8 Å². The molecule has 0 aromatic heterocycles. The molecule has 0 saturated heterocycles. The van der Waals surface area contributed by atoms with E-state index in [1.807, 2.05) is 0 Å². The predicted molar refractivity (Wildman–Crippen MR) is 128 cm³/mol. The van der Waals surface area contributed by atoms with Crippen LogP contribution in [0.25, 0.3) is 0 Å². The van der Waals surface area contributed by atoms with Crippen LogP contribution in [0.1, 0.15) is 98.3 Å². The van der Waals surface area contributed by atoms with Gasteiger partial charge in [0.1, 0.15) is 0 Å². The highest BCUT2D eigenvalue weighted by molar-refractivity contribution is 5.28. The minimum Gasteiger partial charge on any atom is -0.119 e. The molecule has 3 rings (SSSR count). The van der Waals surface area contributed by atoms with Crippen LogP contribution in [-0.4, -0.2) is 0 Å². The van der Waals surface area contributed by atoms with Crippen LogP contribution < -0.4 is 0 Å². The molecule has 3 aliphatic carbocycles. The molecule has 0 spiro atoms. The summed E-state index contributed by atoms with van der Waals surface area (Å²) in [4.78, 5) is 0. The topological polar surface area (TPSA) is 0 Å². The number of rotatable bonds is 5. The van der Waals surface area contributed by atoms with Gasteiger partial charge in [-0.3, -0.25) is 0 Å². The number of hydrogen-bond acceptors (Lipinski definition) is 0. The van der Waals surface area contributed by atoms with Crippen LogP contribution in [0, 0.1) is 47.3 Å². The maximum absolute atomic E-state index is 5.82. The molecule has 0 N–H and O–H groups in total. The standard InChI is InChI=1S/C29H44/c1-6-24-13-7-8-14-25(24)17-18-26-15-9-10-21-29(5)27(19-20-28(26)29)16-11-12-23(4)22(2)3/h1,11-12,17-18,22-24,27-28H,7-10,13-16,19-21H2,2-5H3/b12-11+,25-17-,26-18+/t23-,24?,27?,28?,29+/m0/s1. The monoisotopic (exact) mass is 392 g/mol. The zero-order valence-corrected chi connectivity index (χ0v) is 19.6. The van der Waals surface area contributed by atoms with Crippen molar-refractivity contribution >= 4 is 0 Å². The minimum absolute atomic E-state index is 0.391. The Morgan fingerprint density at radius 1 is 1.00 bits per heavy atom. The fraction of sp³-hybridized carbons (Fsp3) is 0.724. The number of fused-ring (bicyclic) bond motifs is 1. The summed E-state index contributed by atoms with van der Waals surface area (Å²) in [6.07, 6.45) is 30.4. The Morgan fingerprint density at radius 3 is 2.48 bits per heavy atom. The van der Waals surface area contributed by atoms with Gasteiger partial charge in [0, 0.05) is 5.92 Å². The van der Waals surface area contributed by atoms with Crippen LogP contribution >= 0.6 is 0 Å². The lowest BCUT2D eigenvalue weighted by Gasteiger charge is -2.37. The fourth-order valence-electron chi connectivity index (χ4n) is 6.22. The normalized spacial score (nSPS) is 37.0. The quantitative estimate of drug-likeness (QED) is 0.325. The molecular weight excluding hydrogens is 348 g/mol. The largest absolute Gasteiger partial charge is 0.119 e. The van der Waals surface area contributed by atoms with Crippen LogP contribution in [0.5, 0.6) is 0 Å². The molecule has 0 heteroatoms. The molecule has 0 amide bonds. The van der Waals surface area contributed by atoms with Crippen LogP contribution in [0.4, 0.5) is 0 Å². The average Bonchev–Trinajstić information content (AvgIpc) is 2.94. The molecular formula is C29H44. The first-order valence-corrected chi connectivity index (χ1v) is 12.5. The number of allylic oxidation sites excluding steroid dienone is 6. The second-order valence-corrected chi connectivity index (χ2v) is 10.8. The number of terminal acetylenes is 1. The van der Waals surface area contributed by atoms with Crippen molar-refractivity contribution in [3.8, 4) is 12.3 Å². The van der Waals surface area contributed by atoms with Gasteiger partial charge >= 0.3 is 0 Å². The first-order chi connectivity index (χ1) is 14.0. The van der Waals surface area contributed by atoms with Crippen LogP contribution in [-0.2, 0) is 0 Å². The summed E-state index contributed by atoms with van der Waals surface area (Å²) in [5, 5.41) is 0. The molecule has 0 heterocycles. The molecule has 3 unspecified atom stereocenters. The second-order valence-electron chi connectivity index (χ2n) is 10.8. The summed E-state index contributed by atoms with van der Waals surface area (Å²) in [6, 6.07) is 0. The lowest BCUT2D eigenvalue weighted by atomic mass is 9.68. The maximum Gasteiger partial charge on any atom is 0.0412 e. The van der Waals surface area contributed by atoms with Crippen molar-refractivity contribution in [3.05, 3.63) is 35.5 Å². The van der Waals surface area contributed by atoms with E-state index >= 15 is 0 Å². The summed E-state index contributed by atoms with van der Waals surface area (Å²) in [5.74, 6) is 6.51. The molecule has 0 bridgehead atoms. The van der Waals surface area contributed by atoms with Gasteiger partial charge in [0.2, 0.25) is 0 Å². The van der Waals surface area contributed by atoms with E-state index < -0.39 is 0 Å². The van der Waals surface area contributed by atoms with Gasteiger partial charge in [0.05, 0.1) is 0 Å². The summed E-state index contributed by atoms with van der Waals surface area (Å²) in [5.41, 5.74) is 3.75. The van der Waals surface area contributed by atoms with Crippen molar-refractivity contribution in [1.29, 1.82) is 0 Å². The molecule has 5 atom stereocenters. The Kier molecular flexibility index (Phi) is 7.90. The maximum atomic E-state index is 5.82. The Bertz CT molecular complexity index is 667. The average molecular weight is 393 g/mol. The molecule has 29 heavy (non-hydrogen) atoms. The van der Waals surface area contributed by atoms with Crippen LogP contribution in [0.15, 0.2) is 35.5 Å². The Labute approximate surface area is 181 Å². The van der Waals surface area contributed by atoms with Gasteiger partial charge in [-0.1, -0.05) is 81.9 Å². The molecule has 0 aromatic carbocycles. The lowest BCUT2D eigenvalue weighted by Crippen LogP contribution is -2.28. The molecule has 3 saturated carbocycles. The molecule has 0 aliphatic heterocycles. The molecule has 0 radical (unpaired) electrons. The summed E-state index contributed by atoms with van der Waals surface area (Å²) >= 11 is 0. The third kappa shape index (κ3) is 5.29. The van der Waals surface area contributed by atoms with Crippen molar-refractivity contribution < 1.29 is 0 Å². The van der Waals surface area contributed by atoms with Gasteiger partial charge < -0.3 is 0 Å². The van der Waals surface area contributed by atoms with Crippen molar-refractivity contribution in [2.75, 3.05) is 0 Å². The Balaban J connectivity index is 1.74. The van der Waals surface area contributed by atoms with Crippen molar-refractivity contribution in [2.24, 2.45) is 35.0 Å². The second kappa shape index (κ2) is 10.2. The van der Waals surface area contributed by atoms with Crippen molar-refractivity contribution in [3.63, 3.8) is 0 Å². The van der Waals surface area contributed by atoms with Crippen molar-refractivity contribution in [2.45, 2.75) is 98.3 Å². The number of hydrogen-bond donors (Lipinski definition) is 0. The van der Waals surface area contributed by atoms with Gasteiger partial charge in [-0.05, 0) is 86.9 Å². The van der Waals surface area contributed by atoms with E-state index in [0.29, 0.717) is 17.3 Å². The Morgan fingerprint density at radius 2 is 1.72 bits per heavy atom. The third-order valence-corrected chi connectivity index (χ3v) is 8.69. The summed E-state index contributed by atoms with van der Waals surface area (Å²) in [7, 11) is 0. The van der Waals surface area contributed by atoms with E-state index in [-0.39, 0.29) is 0 Å². The van der Waals surface area contributed by atoms with E-state index in [4.69, 9.17) is 6.42 Å². The predicted octanol–water partition coefficient (Wildman–Crippen LogP) is 8.51. The molecule has 0 aromatic rings. The highest BCUT2D eigenvalue weighted by Gasteiger charge is 2.47. The van der Waals surface area contributed by atoms with Gasteiger partial charge in [0.25, 0.3) is 0 Å². The van der Waals surface area contributed by atoms with Gasteiger partial charge in [-0.15, -0.1) is 6.42 Å². The highest BCUT2D eigenvalue weighted by atomic mass is 14.5. The SMILES string of the molecule is C#CC1CCCC/C1=C/C=C1\CCCC[C@]2(C)C(C/C=C/[C@H](C)C(C)C)CCC12. The van der Waals surface area contributed by atoms with E-state index in [1.165, 1.54) is 76.2 Å². The van der Waals surface area contributed by atoms with E-state index in [1.54, 1.807) is 5.57 Å². The molecule has 3 fully saturated rings. The minimum atomic E-state index is 0.391.